The van der Waals surface area contributed by atoms with Gasteiger partial charge in [-0.2, -0.15) is 18.4 Å². The molecule has 0 aromatic heterocycles. The monoisotopic (exact) mass is 280 g/mol. The van der Waals surface area contributed by atoms with Crippen LogP contribution in [0.15, 0.2) is 23.1 Å². The highest BCUT2D eigenvalue weighted by Gasteiger charge is 2.39. The number of nitrogens with zero attached hydrogens (tertiary/aromatic N) is 1. The summed E-state index contributed by atoms with van der Waals surface area (Å²) >= 11 is 6.69. The molecule has 1 atom stereocenters. The zero-order valence-electron chi connectivity index (χ0n) is 8.46. The molecule has 92 valence electrons. The summed E-state index contributed by atoms with van der Waals surface area (Å²) < 4.78 is 36.9. The second kappa shape index (κ2) is 5.52. The maximum absolute atomic E-state index is 12.3. The Bertz CT molecular complexity index is 442. The summed E-state index contributed by atoms with van der Waals surface area (Å²) in [5, 5.41) is 8.70. The first-order valence-corrected chi connectivity index (χ1v) is 5.85. The Hall–Kier alpha value is -1.06. The molecule has 1 aromatic rings. The van der Waals surface area contributed by atoms with Crippen LogP contribution >= 0.6 is 23.4 Å². The first kappa shape index (κ1) is 14.0. The minimum Gasteiger partial charge on any atom is -0.399 e. The molecule has 0 bridgehead atoms. The molecule has 17 heavy (non-hydrogen) atoms. The van der Waals surface area contributed by atoms with Gasteiger partial charge >= 0.3 is 6.18 Å². The molecular weight excluding hydrogens is 273 g/mol. The number of hydrogen-bond acceptors (Lipinski definition) is 3. The number of rotatable bonds is 3. The number of nitrogen functional groups attached to an aromatic ring is 1. The van der Waals surface area contributed by atoms with Crippen LogP contribution < -0.4 is 5.73 Å². The Labute approximate surface area is 106 Å². The summed E-state index contributed by atoms with van der Waals surface area (Å²) in [4.78, 5) is 0.477. The van der Waals surface area contributed by atoms with E-state index >= 15 is 0 Å². The van der Waals surface area contributed by atoms with Gasteiger partial charge in [0.05, 0.1) is 11.1 Å². The van der Waals surface area contributed by atoms with Gasteiger partial charge in [-0.15, -0.1) is 11.8 Å². The van der Waals surface area contributed by atoms with Crippen molar-refractivity contribution in [2.45, 2.75) is 11.1 Å². The molecule has 0 aliphatic heterocycles. The van der Waals surface area contributed by atoms with E-state index in [1.165, 1.54) is 18.2 Å². The van der Waals surface area contributed by atoms with Crippen LogP contribution in [0.5, 0.6) is 0 Å². The second-order valence-corrected chi connectivity index (χ2v) is 4.69. The predicted octanol–water partition coefficient (Wildman–Crippen LogP) is 3.72. The number of anilines is 1. The van der Waals surface area contributed by atoms with E-state index < -0.39 is 12.1 Å². The van der Waals surface area contributed by atoms with Crippen molar-refractivity contribution in [3.05, 3.63) is 23.2 Å². The first-order chi connectivity index (χ1) is 7.84. The van der Waals surface area contributed by atoms with E-state index in [1.54, 1.807) is 6.07 Å². The third kappa shape index (κ3) is 4.02. The molecule has 0 aliphatic rings. The van der Waals surface area contributed by atoms with Crippen LogP contribution in [0.25, 0.3) is 0 Å². The molecule has 7 heteroatoms. The SMILES string of the molecule is N#CC(CSc1ccc(N)cc1Cl)C(F)(F)F. The summed E-state index contributed by atoms with van der Waals surface area (Å²) in [7, 11) is 0. The topological polar surface area (TPSA) is 49.8 Å². The van der Waals surface area contributed by atoms with E-state index in [4.69, 9.17) is 22.6 Å². The fraction of sp³-hybridized carbons (Fsp3) is 0.300. The van der Waals surface area contributed by atoms with Crippen molar-refractivity contribution in [3.63, 3.8) is 0 Å². The van der Waals surface area contributed by atoms with Crippen molar-refractivity contribution in [1.29, 1.82) is 5.26 Å². The molecule has 0 aliphatic carbocycles. The number of nitriles is 1. The Morgan fingerprint density at radius 2 is 2.12 bits per heavy atom. The molecule has 0 amide bonds. The fourth-order valence-electron chi connectivity index (χ4n) is 1.01. The number of hydrogen-bond donors (Lipinski definition) is 1. The number of halogens is 4. The summed E-state index contributed by atoms with van der Waals surface area (Å²) in [6.07, 6.45) is -4.51. The van der Waals surface area contributed by atoms with Gasteiger partial charge in [0.1, 0.15) is 0 Å². The zero-order valence-corrected chi connectivity index (χ0v) is 10.0. The van der Waals surface area contributed by atoms with Gasteiger partial charge in [0.2, 0.25) is 0 Å². The maximum atomic E-state index is 12.3. The quantitative estimate of drug-likeness (QED) is 0.678. The van der Waals surface area contributed by atoms with Gasteiger partial charge in [-0.05, 0) is 18.2 Å². The van der Waals surface area contributed by atoms with Gasteiger partial charge in [0, 0.05) is 16.3 Å². The molecule has 1 unspecified atom stereocenters. The lowest BCUT2D eigenvalue weighted by Crippen LogP contribution is -2.23. The van der Waals surface area contributed by atoms with Crippen molar-refractivity contribution in [3.8, 4) is 6.07 Å². The predicted molar refractivity (Wildman–Crippen MR) is 61.7 cm³/mol. The van der Waals surface area contributed by atoms with E-state index in [2.05, 4.69) is 0 Å². The lowest BCUT2D eigenvalue weighted by molar-refractivity contribution is -0.152. The number of thioether (sulfide) groups is 1. The highest BCUT2D eigenvalue weighted by molar-refractivity contribution is 7.99. The highest BCUT2D eigenvalue weighted by Crippen LogP contribution is 2.34. The fourth-order valence-corrected chi connectivity index (χ4v) is 2.34. The van der Waals surface area contributed by atoms with Crippen molar-refractivity contribution < 1.29 is 13.2 Å². The van der Waals surface area contributed by atoms with Crippen molar-refractivity contribution in [2.24, 2.45) is 5.92 Å². The molecule has 2 nitrogen and oxygen atoms in total. The lowest BCUT2D eigenvalue weighted by Gasteiger charge is -2.13. The largest absolute Gasteiger partial charge is 0.405 e. The van der Waals surface area contributed by atoms with Crippen molar-refractivity contribution >= 4 is 29.1 Å². The smallest absolute Gasteiger partial charge is 0.399 e. The Balaban J connectivity index is 2.71. The van der Waals surface area contributed by atoms with E-state index in [1.807, 2.05) is 0 Å². The van der Waals surface area contributed by atoms with Crippen LogP contribution in [0.2, 0.25) is 5.02 Å². The number of benzene rings is 1. The molecule has 0 fully saturated rings. The van der Waals surface area contributed by atoms with Gasteiger partial charge < -0.3 is 5.73 Å². The maximum Gasteiger partial charge on any atom is 0.405 e. The third-order valence-electron chi connectivity index (χ3n) is 1.91. The standard InChI is InChI=1S/C10H8ClF3N2S/c11-8-3-7(16)1-2-9(8)17-5-6(4-15)10(12,13)14/h1-3,6H,5,16H2. The van der Waals surface area contributed by atoms with Gasteiger partial charge in [0.25, 0.3) is 0 Å². The Morgan fingerprint density at radius 3 is 2.59 bits per heavy atom. The van der Waals surface area contributed by atoms with Gasteiger partial charge in [-0.25, -0.2) is 0 Å². The zero-order chi connectivity index (χ0) is 13.1. The molecule has 1 aromatic carbocycles. The average Bonchev–Trinajstić information content (AvgIpc) is 2.19. The first-order valence-electron chi connectivity index (χ1n) is 4.48. The summed E-state index contributed by atoms with van der Waals surface area (Å²) in [5.74, 6) is -2.38. The van der Waals surface area contributed by atoms with E-state index in [0.717, 1.165) is 11.8 Å². The summed E-state index contributed by atoms with van der Waals surface area (Å²) in [6.45, 7) is 0. The van der Waals surface area contributed by atoms with Gasteiger partial charge in [-0.1, -0.05) is 11.6 Å². The Morgan fingerprint density at radius 1 is 1.47 bits per heavy atom. The summed E-state index contributed by atoms with van der Waals surface area (Å²) in [6, 6.07) is 5.77. The van der Waals surface area contributed by atoms with Crippen LogP contribution in [0.3, 0.4) is 0 Å². The number of alkyl halides is 3. The molecule has 1 rings (SSSR count). The van der Waals surface area contributed by atoms with Crippen LogP contribution in [-0.4, -0.2) is 11.9 Å². The van der Waals surface area contributed by atoms with Crippen molar-refractivity contribution in [2.75, 3.05) is 11.5 Å². The molecule has 0 saturated carbocycles. The van der Waals surface area contributed by atoms with E-state index in [0.29, 0.717) is 10.6 Å². The van der Waals surface area contributed by atoms with Crippen LogP contribution in [0.4, 0.5) is 18.9 Å². The average molecular weight is 281 g/mol. The van der Waals surface area contributed by atoms with Crippen LogP contribution in [-0.2, 0) is 0 Å². The molecule has 0 radical (unpaired) electrons. The van der Waals surface area contributed by atoms with Crippen molar-refractivity contribution in [1.82, 2.24) is 0 Å². The summed E-state index contributed by atoms with van der Waals surface area (Å²) in [5.41, 5.74) is 5.89. The lowest BCUT2D eigenvalue weighted by atomic mass is 10.2. The second-order valence-electron chi connectivity index (χ2n) is 3.22. The highest BCUT2D eigenvalue weighted by atomic mass is 35.5. The molecule has 2 N–H and O–H groups in total. The Kier molecular flexibility index (Phi) is 4.54. The van der Waals surface area contributed by atoms with E-state index in [9.17, 15) is 13.2 Å². The normalized spacial score (nSPS) is 13.1. The third-order valence-corrected chi connectivity index (χ3v) is 3.50. The van der Waals surface area contributed by atoms with E-state index in [-0.39, 0.29) is 10.8 Å². The number of nitrogens with two attached hydrogens (primary N) is 1. The molecule has 0 heterocycles. The molecule has 0 saturated heterocycles. The molecule has 0 spiro atoms. The minimum atomic E-state index is -4.51. The van der Waals surface area contributed by atoms with Gasteiger partial charge in [-0.3, -0.25) is 0 Å². The van der Waals surface area contributed by atoms with Gasteiger partial charge in [0.15, 0.2) is 5.92 Å². The minimum absolute atomic E-state index is 0.286. The van der Waals surface area contributed by atoms with Crippen LogP contribution in [0.1, 0.15) is 0 Å². The molecular formula is C10H8ClF3N2S. The van der Waals surface area contributed by atoms with Crippen LogP contribution in [0, 0.1) is 17.2 Å².